The molecule has 4 atom stereocenters. The number of nitrogens with one attached hydrogen (secondary N) is 4. The van der Waals surface area contributed by atoms with Crippen molar-refractivity contribution in [3.05, 3.63) is 71.3 Å². The molecule has 6 N–H and O–H groups in total. The number of benzene rings is 2. The fourth-order valence-electron chi connectivity index (χ4n) is 9.95. The number of carbonyl (C=O) groups excluding carboxylic acids is 6. The second-order valence-electron chi connectivity index (χ2n) is 18.6. The molecule has 0 unspecified atom stereocenters. The number of aryl methyl sites for hydroxylation is 1. The van der Waals surface area contributed by atoms with Crippen LogP contribution in [0.3, 0.4) is 0 Å². The summed E-state index contributed by atoms with van der Waals surface area (Å²) in [5.74, 6) is 0.195. The molecule has 350 valence electrons. The Hall–Kier alpha value is -4.63. The summed E-state index contributed by atoms with van der Waals surface area (Å²) in [4.78, 5) is 80.7. The summed E-state index contributed by atoms with van der Waals surface area (Å²) in [6.45, 7) is 3.81. The number of hydrogen-bond donors (Lipinski definition) is 5. The van der Waals surface area contributed by atoms with E-state index in [-0.39, 0.29) is 43.8 Å². The van der Waals surface area contributed by atoms with Gasteiger partial charge < -0.3 is 41.2 Å². The van der Waals surface area contributed by atoms with Crippen molar-refractivity contribution in [3.63, 3.8) is 0 Å². The Kier molecular flexibility index (Phi) is 18.8. The molecule has 5 aliphatic carbocycles. The van der Waals surface area contributed by atoms with Crippen LogP contribution in [0.1, 0.15) is 120 Å². The summed E-state index contributed by atoms with van der Waals surface area (Å²) in [6, 6.07) is 13.0. The summed E-state index contributed by atoms with van der Waals surface area (Å²) in [7, 11) is 0. The first-order chi connectivity index (χ1) is 30.9. The number of rotatable bonds is 23. The van der Waals surface area contributed by atoms with Gasteiger partial charge in [-0.15, -0.1) is 0 Å². The molecule has 0 heterocycles. The van der Waals surface area contributed by atoms with Crippen LogP contribution < -0.4 is 27.0 Å². The average molecular weight is 904 g/mol. The van der Waals surface area contributed by atoms with Gasteiger partial charge in [0.25, 0.3) is 0 Å². The average Bonchev–Trinajstić information content (AvgIpc) is 3.28. The zero-order valence-corrected chi connectivity index (χ0v) is 38.4. The zero-order chi connectivity index (χ0) is 45.4. The van der Waals surface area contributed by atoms with Gasteiger partial charge in [-0.2, -0.15) is 11.8 Å². The number of unbranched alkanes of at least 4 members (excludes halogenated alkanes) is 1. The van der Waals surface area contributed by atoms with Gasteiger partial charge in [-0.3, -0.25) is 19.2 Å². The van der Waals surface area contributed by atoms with Crippen molar-refractivity contribution in [2.75, 3.05) is 12.3 Å². The van der Waals surface area contributed by atoms with Gasteiger partial charge >= 0.3 is 18.0 Å². The molecule has 0 spiro atoms. The lowest BCUT2D eigenvalue weighted by molar-refractivity contribution is -0.151. The Labute approximate surface area is 382 Å². The third-order valence-electron chi connectivity index (χ3n) is 13.2. The monoisotopic (exact) mass is 903 g/mol. The fourth-order valence-corrected chi connectivity index (χ4v) is 11.0. The number of alkyl carbamates (subject to hydrolysis) is 1. The highest BCUT2D eigenvalue weighted by Crippen LogP contribution is 2.54. The van der Waals surface area contributed by atoms with Gasteiger partial charge in [0.1, 0.15) is 36.9 Å². The fraction of sp³-hybridized carbons (Fsp3) is 0.633. The van der Waals surface area contributed by atoms with Crippen LogP contribution in [0.5, 0.6) is 0 Å². The van der Waals surface area contributed by atoms with Crippen molar-refractivity contribution in [3.8, 4) is 0 Å². The predicted octanol–water partition coefficient (Wildman–Crippen LogP) is 6.15. The Bertz CT molecular complexity index is 1830. The Morgan fingerprint density at radius 3 is 2.00 bits per heavy atom. The first-order valence-corrected chi connectivity index (χ1v) is 24.7. The van der Waals surface area contributed by atoms with Crippen LogP contribution in [0.25, 0.3) is 0 Å². The number of hydrogen-bond acceptors (Lipinski definition) is 11. The normalized spacial score (nSPS) is 23.1. The Morgan fingerprint density at radius 1 is 0.719 bits per heavy atom. The molecule has 0 aliphatic heterocycles. The first kappa shape index (κ1) is 48.8. The maximum atomic E-state index is 14.3. The number of thioether (sulfide) groups is 1. The maximum Gasteiger partial charge on any atom is 0.407 e. The highest BCUT2D eigenvalue weighted by atomic mass is 32.2. The first-order valence-electron chi connectivity index (χ1n) is 23.5. The third-order valence-corrected chi connectivity index (χ3v) is 14.3. The molecule has 64 heavy (non-hydrogen) atoms. The predicted molar refractivity (Wildman–Crippen MR) is 244 cm³/mol. The SMILES string of the molecule is Cc1ccc(CSC[C@H](NC(=O)[C@H](CCCCNC(=O)OC2C3CC4CC(C3)CC2C4)NC(=O)[C@H](CCC(=O)OC2CCCCC2)NC(=O)[C@H](C)N)C(=O)OCc2ccccc2)cc1. The molecule has 0 aromatic heterocycles. The largest absolute Gasteiger partial charge is 0.462 e. The summed E-state index contributed by atoms with van der Waals surface area (Å²) in [5, 5.41) is 11.2. The van der Waals surface area contributed by atoms with Crippen molar-refractivity contribution in [1.82, 2.24) is 21.3 Å². The molecule has 4 bridgehead atoms. The molecular formula is C49H69N5O9S. The summed E-state index contributed by atoms with van der Waals surface area (Å²) in [5.41, 5.74) is 8.83. The molecule has 5 fully saturated rings. The van der Waals surface area contributed by atoms with Gasteiger partial charge in [0.2, 0.25) is 17.7 Å². The van der Waals surface area contributed by atoms with E-state index in [2.05, 4.69) is 21.3 Å². The van der Waals surface area contributed by atoms with Crippen molar-refractivity contribution in [2.45, 2.75) is 159 Å². The summed E-state index contributed by atoms with van der Waals surface area (Å²) in [6.07, 6.45) is 10.7. The van der Waals surface area contributed by atoms with Crippen molar-refractivity contribution < 1.29 is 43.0 Å². The molecule has 14 nitrogen and oxygen atoms in total. The van der Waals surface area contributed by atoms with Gasteiger partial charge in [0.05, 0.1) is 6.04 Å². The number of amides is 4. The van der Waals surface area contributed by atoms with Gasteiger partial charge in [0, 0.05) is 24.5 Å². The van der Waals surface area contributed by atoms with Crippen LogP contribution in [0, 0.1) is 30.6 Å². The quantitative estimate of drug-likeness (QED) is 0.0486. The van der Waals surface area contributed by atoms with E-state index in [1.165, 1.54) is 25.1 Å². The molecule has 5 aliphatic rings. The smallest absolute Gasteiger partial charge is 0.407 e. The molecule has 7 rings (SSSR count). The zero-order valence-electron chi connectivity index (χ0n) is 37.6. The number of esters is 2. The van der Waals surface area contributed by atoms with E-state index in [0.717, 1.165) is 86.3 Å². The van der Waals surface area contributed by atoms with Crippen LogP contribution >= 0.6 is 11.8 Å². The van der Waals surface area contributed by atoms with E-state index >= 15 is 0 Å². The molecule has 0 saturated heterocycles. The van der Waals surface area contributed by atoms with Gasteiger partial charge in [0.15, 0.2) is 0 Å². The molecule has 4 amide bonds. The molecule has 0 radical (unpaired) electrons. The van der Waals surface area contributed by atoms with Crippen molar-refractivity contribution >= 4 is 47.5 Å². The molecule has 2 aromatic rings. The van der Waals surface area contributed by atoms with E-state index < -0.39 is 59.9 Å². The maximum absolute atomic E-state index is 14.3. The minimum absolute atomic E-state index is 0.0114. The van der Waals surface area contributed by atoms with Crippen LogP contribution in [-0.4, -0.2) is 84.4 Å². The van der Waals surface area contributed by atoms with E-state index in [4.69, 9.17) is 19.9 Å². The van der Waals surface area contributed by atoms with Gasteiger partial charge in [-0.25, -0.2) is 9.59 Å². The second-order valence-corrected chi connectivity index (χ2v) is 19.6. The lowest BCUT2D eigenvalue weighted by atomic mass is 9.55. The van der Waals surface area contributed by atoms with Gasteiger partial charge in [-0.05, 0) is 132 Å². The van der Waals surface area contributed by atoms with Crippen molar-refractivity contribution in [1.29, 1.82) is 0 Å². The topological polar surface area (TPSA) is 204 Å². The minimum Gasteiger partial charge on any atom is -0.462 e. The van der Waals surface area contributed by atoms with Gasteiger partial charge in [-0.1, -0.05) is 66.6 Å². The summed E-state index contributed by atoms with van der Waals surface area (Å²) >= 11 is 1.46. The lowest BCUT2D eigenvalue weighted by Crippen LogP contribution is -2.57. The van der Waals surface area contributed by atoms with Crippen LogP contribution in [0.15, 0.2) is 54.6 Å². The highest BCUT2D eigenvalue weighted by Gasteiger charge is 2.50. The number of ether oxygens (including phenoxy) is 3. The Balaban J connectivity index is 1.10. The van der Waals surface area contributed by atoms with E-state index in [1.807, 2.05) is 61.5 Å². The molecule has 15 heteroatoms. The number of carbonyl (C=O) groups is 6. The summed E-state index contributed by atoms with van der Waals surface area (Å²) < 4.78 is 17.4. The van der Waals surface area contributed by atoms with Crippen LogP contribution in [0.4, 0.5) is 4.79 Å². The third kappa shape index (κ3) is 15.2. The Morgan fingerprint density at radius 2 is 1.34 bits per heavy atom. The molecule has 5 saturated carbocycles. The van der Waals surface area contributed by atoms with E-state index in [1.54, 1.807) is 0 Å². The lowest BCUT2D eigenvalue weighted by Gasteiger charge is -2.53. The second kappa shape index (κ2) is 24.6. The van der Waals surface area contributed by atoms with E-state index in [0.29, 0.717) is 37.0 Å². The standard InChI is InChI=1S/C49H69N5O9S/c1-31-16-18-34(19-17-31)29-64-30-42(48(59)61-28-33-11-5-3-6-12-33)54-46(57)40(15-9-10-22-51-49(60)63-44-37-24-35-23-36(26-37)27-38(44)25-35)53-47(58)41(52-45(56)32(2)50)20-21-43(55)62-39-13-7-4-8-14-39/h3,5-6,11-12,16-19,32,35-42,44H,4,7-10,13-15,20-30,50H2,1-2H3,(H,51,60)(H,52,56)(H,53,58)(H,54,57)/t32-,35?,36?,37?,38?,40-,41-,42-,44?/m0/s1. The van der Waals surface area contributed by atoms with E-state index in [9.17, 15) is 28.8 Å². The number of nitrogens with two attached hydrogens (primary N) is 1. The van der Waals surface area contributed by atoms with Crippen LogP contribution in [0.2, 0.25) is 0 Å². The van der Waals surface area contributed by atoms with Crippen molar-refractivity contribution in [2.24, 2.45) is 29.4 Å². The highest BCUT2D eigenvalue weighted by molar-refractivity contribution is 7.98. The molecular weight excluding hydrogens is 835 g/mol. The minimum atomic E-state index is -1.20. The van der Waals surface area contributed by atoms with Crippen LogP contribution in [-0.2, 0) is 50.5 Å². The molecule has 2 aromatic carbocycles.